The van der Waals surface area contributed by atoms with E-state index in [0.717, 1.165) is 70.8 Å². The maximum Gasteiger partial charge on any atom is 0.308 e. The van der Waals surface area contributed by atoms with Gasteiger partial charge in [0, 0.05) is 13.0 Å². The second-order valence-corrected chi connectivity index (χ2v) is 21.5. The fourth-order valence-corrected chi connectivity index (χ4v) is 7.36. The van der Waals surface area contributed by atoms with Crippen molar-refractivity contribution in [3.63, 3.8) is 0 Å². The van der Waals surface area contributed by atoms with Crippen molar-refractivity contribution in [2.75, 3.05) is 19.8 Å². The molecule has 0 heterocycles. The Balaban J connectivity index is 4.76. The van der Waals surface area contributed by atoms with Crippen LogP contribution in [0.4, 0.5) is 0 Å². The van der Waals surface area contributed by atoms with E-state index in [-0.39, 0.29) is 22.9 Å². The molecule has 0 rings (SSSR count). The van der Waals surface area contributed by atoms with Crippen molar-refractivity contribution in [3.05, 3.63) is 0 Å². The summed E-state index contributed by atoms with van der Waals surface area (Å²) in [4.78, 5) is 25.6. The molecule has 0 aliphatic heterocycles. The standard InChI is InChI=1S/C43H86O5Si/c1-9-12-15-18-21-22-25-28-35-41(44)46-36-29-31-39(38-48-49(7,8)43(4,5)6)32-30-37-47-42(45)40(33-26-23-19-16-13-10-2)34-27-24-20-17-14-11-3/h39-40H,9-38H2,1-8H3. The Morgan fingerprint density at radius 1 is 0.531 bits per heavy atom. The largest absolute Gasteiger partial charge is 0.466 e. The highest BCUT2D eigenvalue weighted by molar-refractivity contribution is 6.74. The molecule has 0 aliphatic carbocycles. The average molecular weight is 711 g/mol. The molecule has 0 radical (unpaired) electrons. The molecule has 0 aromatic rings. The molecule has 0 bridgehead atoms. The van der Waals surface area contributed by atoms with Crippen molar-refractivity contribution >= 4 is 20.3 Å². The molecule has 292 valence electrons. The minimum atomic E-state index is -1.86. The Bertz CT molecular complexity index is 746. The van der Waals surface area contributed by atoms with Crippen LogP contribution in [0.2, 0.25) is 18.1 Å². The third-order valence-corrected chi connectivity index (χ3v) is 15.4. The van der Waals surface area contributed by atoms with E-state index in [9.17, 15) is 9.59 Å². The molecule has 0 aromatic carbocycles. The molecule has 5 nitrogen and oxygen atoms in total. The SMILES string of the molecule is CCCCCCCCCCC(=O)OCCCC(CCCOC(=O)C(CCCCCCCC)CCCCCCCC)CO[Si](C)(C)C(C)(C)C. The summed E-state index contributed by atoms with van der Waals surface area (Å²) in [6.07, 6.45) is 31.0. The third kappa shape index (κ3) is 28.4. The summed E-state index contributed by atoms with van der Waals surface area (Å²) >= 11 is 0. The van der Waals surface area contributed by atoms with E-state index >= 15 is 0 Å². The van der Waals surface area contributed by atoms with Crippen molar-refractivity contribution in [1.82, 2.24) is 0 Å². The molecule has 1 unspecified atom stereocenters. The van der Waals surface area contributed by atoms with Crippen LogP contribution in [0.25, 0.3) is 0 Å². The lowest BCUT2D eigenvalue weighted by molar-refractivity contribution is -0.149. The van der Waals surface area contributed by atoms with Gasteiger partial charge in [-0.05, 0) is 69.0 Å². The Morgan fingerprint density at radius 3 is 1.39 bits per heavy atom. The van der Waals surface area contributed by atoms with Gasteiger partial charge in [0.15, 0.2) is 8.32 Å². The van der Waals surface area contributed by atoms with Gasteiger partial charge in [-0.3, -0.25) is 9.59 Å². The van der Waals surface area contributed by atoms with Gasteiger partial charge in [-0.2, -0.15) is 0 Å². The van der Waals surface area contributed by atoms with E-state index in [2.05, 4.69) is 54.6 Å². The van der Waals surface area contributed by atoms with Crippen molar-refractivity contribution in [1.29, 1.82) is 0 Å². The second-order valence-electron chi connectivity index (χ2n) is 16.6. The first kappa shape index (κ1) is 48.1. The van der Waals surface area contributed by atoms with E-state index in [1.54, 1.807) is 0 Å². The Kier molecular flexibility index (Phi) is 31.2. The van der Waals surface area contributed by atoms with Crippen LogP contribution < -0.4 is 0 Å². The average Bonchev–Trinajstić information content (AvgIpc) is 3.06. The molecule has 0 saturated carbocycles. The molecule has 0 spiro atoms. The number of hydrogen-bond acceptors (Lipinski definition) is 5. The zero-order valence-electron chi connectivity index (χ0n) is 34.4. The van der Waals surface area contributed by atoms with Crippen LogP contribution in [0, 0.1) is 11.8 Å². The van der Waals surface area contributed by atoms with E-state index < -0.39 is 8.32 Å². The fourth-order valence-electron chi connectivity index (χ4n) is 6.27. The molecule has 0 saturated heterocycles. The fraction of sp³-hybridized carbons (Fsp3) is 0.953. The Labute approximate surface area is 307 Å². The molecule has 0 fully saturated rings. The van der Waals surface area contributed by atoms with Crippen molar-refractivity contribution in [2.45, 2.75) is 233 Å². The van der Waals surface area contributed by atoms with Gasteiger partial charge >= 0.3 is 11.9 Å². The molecule has 6 heteroatoms. The monoisotopic (exact) mass is 711 g/mol. The van der Waals surface area contributed by atoms with Crippen LogP contribution in [0.15, 0.2) is 0 Å². The summed E-state index contributed by atoms with van der Waals surface area (Å²) in [6.45, 7) is 19.9. The summed E-state index contributed by atoms with van der Waals surface area (Å²) in [5.74, 6) is 0.403. The quantitative estimate of drug-likeness (QED) is 0.0372. The van der Waals surface area contributed by atoms with Crippen LogP contribution in [0.3, 0.4) is 0 Å². The first-order chi connectivity index (χ1) is 23.5. The Morgan fingerprint density at radius 2 is 0.939 bits per heavy atom. The van der Waals surface area contributed by atoms with E-state index in [0.29, 0.717) is 25.6 Å². The molecule has 0 aliphatic rings. The zero-order valence-corrected chi connectivity index (χ0v) is 35.4. The maximum atomic E-state index is 13.2. The number of ether oxygens (including phenoxy) is 2. The van der Waals surface area contributed by atoms with Crippen LogP contribution in [0.5, 0.6) is 0 Å². The van der Waals surface area contributed by atoms with Crippen molar-refractivity contribution in [2.24, 2.45) is 11.8 Å². The van der Waals surface area contributed by atoms with Gasteiger partial charge in [-0.25, -0.2) is 0 Å². The number of esters is 2. The van der Waals surface area contributed by atoms with Crippen LogP contribution in [0.1, 0.15) is 215 Å². The molecule has 49 heavy (non-hydrogen) atoms. The normalized spacial score (nSPS) is 12.8. The van der Waals surface area contributed by atoms with Gasteiger partial charge in [-0.1, -0.05) is 164 Å². The number of hydrogen-bond donors (Lipinski definition) is 0. The minimum Gasteiger partial charge on any atom is -0.466 e. The second kappa shape index (κ2) is 31.8. The van der Waals surface area contributed by atoms with Gasteiger partial charge in [0.2, 0.25) is 0 Å². The zero-order chi connectivity index (χ0) is 36.6. The predicted octanol–water partition coefficient (Wildman–Crippen LogP) is 13.9. The minimum absolute atomic E-state index is 0.0274. The topological polar surface area (TPSA) is 61.8 Å². The van der Waals surface area contributed by atoms with E-state index in [4.69, 9.17) is 13.9 Å². The molecule has 0 N–H and O–H groups in total. The van der Waals surface area contributed by atoms with Gasteiger partial charge in [0.05, 0.1) is 19.1 Å². The smallest absolute Gasteiger partial charge is 0.308 e. The Hall–Kier alpha value is -0.883. The molecular formula is C43H86O5Si. The number of carbonyl (C=O) groups excluding carboxylic acids is 2. The lowest BCUT2D eigenvalue weighted by Crippen LogP contribution is -2.42. The van der Waals surface area contributed by atoms with Gasteiger partial charge < -0.3 is 13.9 Å². The molecule has 0 aromatic heterocycles. The number of unbranched alkanes of at least 4 members (excludes halogenated alkanes) is 17. The summed E-state index contributed by atoms with van der Waals surface area (Å²) in [6, 6.07) is 0. The third-order valence-electron chi connectivity index (χ3n) is 10.9. The van der Waals surface area contributed by atoms with Gasteiger partial charge in [0.1, 0.15) is 0 Å². The number of rotatable bonds is 35. The first-order valence-electron chi connectivity index (χ1n) is 21.4. The summed E-state index contributed by atoms with van der Waals surface area (Å²) in [5, 5.41) is 0.166. The molecular weight excluding hydrogens is 625 g/mol. The van der Waals surface area contributed by atoms with Crippen LogP contribution in [-0.2, 0) is 23.5 Å². The lowest BCUT2D eigenvalue weighted by atomic mass is 9.94. The summed E-state index contributed by atoms with van der Waals surface area (Å²) < 4.78 is 18.2. The predicted molar refractivity (Wildman–Crippen MR) is 214 cm³/mol. The molecule has 0 amide bonds. The van der Waals surface area contributed by atoms with Crippen molar-refractivity contribution < 1.29 is 23.5 Å². The van der Waals surface area contributed by atoms with E-state index in [1.165, 1.54) is 103 Å². The number of carbonyl (C=O) groups is 2. The maximum absolute atomic E-state index is 13.2. The van der Waals surface area contributed by atoms with Gasteiger partial charge in [-0.15, -0.1) is 0 Å². The molecule has 1 atom stereocenters. The first-order valence-corrected chi connectivity index (χ1v) is 24.3. The van der Waals surface area contributed by atoms with Crippen molar-refractivity contribution in [3.8, 4) is 0 Å². The van der Waals surface area contributed by atoms with Crippen LogP contribution in [-0.4, -0.2) is 40.1 Å². The van der Waals surface area contributed by atoms with E-state index in [1.807, 2.05) is 0 Å². The summed E-state index contributed by atoms with van der Waals surface area (Å²) in [5.41, 5.74) is 0. The van der Waals surface area contributed by atoms with Crippen LogP contribution >= 0.6 is 0 Å². The highest BCUT2D eigenvalue weighted by Crippen LogP contribution is 2.37. The lowest BCUT2D eigenvalue weighted by Gasteiger charge is -2.37. The summed E-state index contributed by atoms with van der Waals surface area (Å²) in [7, 11) is -1.86. The van der Waals surface area contributed by atoms with Gasteiger partial charge in [0.25, 0.3) is 0 Å². The highest BCUT2D eigenvalue weighted by Gasteiger charge is 2.37. The highest BCUT2D eigenvalue weighted by atomic mass is 28.4.